The Kier molecular flexibility index (Phi) is 25.1. The van der Waals surface area contributed by atoms with Crippen molar-refractivity contribution in [1.82, 2.24) is 0 Å². The first kappa shape index (κ1) is 37.1. The fourth-order valence-corrected chi connectivity index (χ4v) is 5.25. The summed E-state index contributed by atoms with van der Waals surface area (Å²) in [6.07, 6.45) is 28.5. The lowest BCUT2D eigenvalue weighted by Gasteiger charge is -2.38. The van der Waals surface area contributed by atoms with Crippen LogP contribution < -0.4 is 0 Å². The highest BCUT2D eigenvalue weighted by Gasteiger charge is 2.29. The number of nitrogens with zero attached hydrogens (tertiary/aromatic N) is 1. The van der Waals surface area contributed by atoms with Gasteiger partial charge >= 0.3 is 17.9 Å². The molecule has 39 heavy (non-hydrogen) atoms. The Morgan fingerprint density at radius 3 is 1.10 bits per heavy atom. The van der Waals surface area contributed by atoms with E-state index in [0.717, 1.165) is 19.3 Å². The summed E-state index contributed by atoms with van der Waals surface area (Å²) in [6, 6.07) is 0. The average molecular weight is 555 g/mol. The molecule has 0 rings (SSSR count). The minimum absolute atomic E-state index is 0.0751. The Morgan fingerprint density at radius 2 is 0.769 bits per heavy atom. The maximum atomic E-state index is 11.1. The summed E-state index contributed by atoms with van der Waals surface area (Å²) in [4.78, 5) is 33.4. The van der Waals surface area contributed by atoms with Crippen LogP contribution in [0, 0.1) is 0 Å². The molecule has 3 N–H and O–H groups in total. The van der Waals surface area contributed by atoms with Gasteiger partial charge in [0, 0.05) is 0 Å². The summed E-state index contributed by atoms with van der Waals surface area (Å²) < 4.78 is 0.262. The first-order chi connectivity index (χ1) is 18.8. The molecule has 0 atom stereocenters. The van der Waals surface area contributed by atoms with E-state index in [1.807, 2.05) is 0 Å². The molecule has 0 aliphatic rings. The van der Waals surface area contributed by atoms with E-state index in [1.54, 1.807) is 0 Å². The zero-order valence-electron chi connectivity index (χ0n) is 25.1. The highest BCUT2D eigenvalue weighted by atomic mass is 16.4. The monoisotopic (exact) mass is 554 g/mol. The number of carbonyl (C=O) groups is 3. The Morgan fingerprint density at radius 1 is 0.462 bits per heavy atom. The van der Waals surface area contributed by atoms with Crippen molar-refractivity contribution in [1.29, 1.82) is 0 Å². The van der Waals surface area contributed by atoms with Crippen molar-refractivity contribution < 1.29 is 34.2 Å². The zero-order chi connectivity index (χ0) is 29.0. The molecule has 0 aromatic heterocycles. The second-order valence-electron chi connectivity index (χ2n) is 11.4. The van der Waals surface area contributed by atoms with E-state index in [9.17, 15) is 14.4 Å². The molecule has 0 saturated heterocycles. The molecule has 0 radical (unpaired) electrons. The van der Waals surface area contributed by atoms with Crippen molar-refractivity contribution in [2.24, 2.45) is 0 Å². The van der Waals surface area contributed by atoms with Gasteiger partial charge in [-0.2, -0.15) is 0 Å². The van der Waals surface area contributed by atoms with Gasteiger partial charge in [0.2, 0.25) is 0 Å². The largest absolute Gasteiger partial charge is 0.481 e. The van der Waals surface area contributed by atoms with Crippen molar-refractivity contribution in [3.8, 4) is 0 Å². The van der Waals surface area contributed by atoms with Crippen molar-refractivity contribution in [3.05, 3.63) is 12.2 Å². The number of unbranched alkanes of at least 4 members (excludes halogenated alkanes) is 17. The SMILES string of the molecule is CCCCCCCCCC/C=C/CCCCCCCCCCC[N+](CCC(=O)O)(CCC(=O)O)CCC(=O)O. The molecular formula is C32H60NO6+. The predicted octanol–water partition coefficient (Wildman–Crippen LogP) is 8.22. The van der Waals surface area contributed by atoms with Gasteiger partial charge in [0.1, 0.15) is 0 Å². The molecule has 0 heterocycles. The molecule has 0 aromatic rings. The lowest BCUT2D eigenvalue weighted by atomic mass is 10.1. The van der Waals surface area contributed by atoms with Crippen LogP contribution in [0.25, 0.3) is 0 Å². The summed E-state index contributed by atoms with van der Waals surface area (Å²) in [6.45, 7) is 3.75. The molecule has 7 heteroatoms. The van der Waals surface area contributed by atoms with Crippen LogP contribution in [-0.2, 0) is 14.4 Å². The van der Waals surface area contributed by atoms with Crippen LogP contribution in [0.5, 0.6) is 0 Å². The van der Waals surface area contributed by atoms with Gasteiger partial charge in [-0.15, -0.1) is 0 Å². The topological polar surface area (TPSA) is 112 Å². The predicted molar refractivity (Wildman–Crippen MR) is 159 cm³/mol. The number of carboxylic acid groups (broad SMARTS) is 3. The molecule has 0 aromatic carbocycles. The van der Waals surface area contributed by atoms with Crippen LogP contribution in [-0.4, -0.2) is 63.9 Å². The summed E-state index contributed by atoms with van der Waals surface area (Å²) in [5.74, 6) is -2.80. The minimum atomic E-state index is -0.932. The van der Waals surface area contributed by atoms with Crippen molar-refractivity contribution in [2.45, 2.75) is 148 Å². The standard InChI is InChI=1S/C32H59NO6/c1-2-3-4-5-6-7-8-9-10-11-12-13-14-15-16-17-18-19-20-21-22-26-33(27-23-30(34)35,28-24-31(36)37)29-25-32(38)39/h11-12H,2-10,13-29H2,1H3,(H2-,34,35,36,37,38,39)/p+1/b12-11+. The lowest BCUT2D eigenvalue weighted by molar-refractivity contribution is -0.927. The smallest absolute Gasteiger partial charge is 0.309 e. The third kappa shape index (κ3) is 26.1. The number of carboxylic acids is 3. The molecule has 0 amide bonds. The van der Waals surface area contributed by atoms with E-state index in [4.69, 9.17) is 15.3 Å². The molecule has 0 spiro atoms. The van der Waals surface area contributed by atoms with Gasteiger partial charge in [-0.05, 0) is 38.5 Å². The first-order valence-electron chi connectivity index (χ1n) is 16.0. The van der Waals surface area contributed by atoms with Crippen LogP contribution in [0.4, 0.5) is 0 Å². The van der Waals surface area contributed by atoms with Gasteiger partial charge in [-0.25, -0.2) is 0 Å². The van der Waals surface area contributed by atoms with E-state index in [1.165, 1.54) is 103 Å². The maximum Gasteiger partial charge on any atom is 0.309 e. The highest BCUT2D eigenvalue weighted by molar-refractivity contribution is 5.67. The van der Waals surface area contributed by atoms with Crippen molar-refractivity contribution in [3.63, 3.8) is 0 Å². The Labute approximate surface area is 238 Å². The quantitative estimate of drug-likeness (QED) is 0.0468. The maximum absolute atomic E-state index is 11.1. The van der Waals surface area contributed by atoms with Crippen molar-refractivity contribution >= 4 is 17.9 Å². The number of allylic oxidation sites excluding steroid dienone is 2. The van der Waals surface area contributed by atoms with Gasteiger partial charge in [0.25, 0.3) is 0 Å². The normalized spacial score (nSPS) is 11.8. The number of aliphatic carboxylic acids is 3. The molecular weight excluding hydrogens is 494 g/mol. The van der Waals surface area contributed by atoms with E-state index < -0.39 is 17.9 Å². The van der Waals surface area contributed by atoms with Crippen LogP contribution in [0.15, 0.2) is 12.2 Å². The first-order valence-corrected chi connectivity index (χ1v) is 16.0. The molecule has 228 valence electrons. The zero-order valence-corrected chi connectivity index (χ0v) is 25.1. The van der Waals surface area contributed by atoms with Gasteiger partial charge in [-0.1, -0.05) is 103 Å². The fourth-order valence-electron chi connectivity index (χ4n) is 5.25. The fraction of sp³-hybridized carbons (Fsp3) is 0.844. The van der Waals surface area contributed by atoms with E-state index in [2.05, 4.69) is 19.1 Å². The molecule has 0 unspecified atom stereocenters. The second kappa shape index (κ2) is 26.3. The van der Waals surface area contributed by atoms with Crippen LogP contribution >= 0.6 is 0 Å². The van der Waals surface area contributed by atoms with E-state index in [0.29, 0.717) is 6.54 Å². The van der Waals surface area contributed by atoms with E-state index >= 15 is 0 Å². The summed E-state index contributed by atoms with van der Waals surface area (Å²) in [7, 11) is 0. The molecule has 7 nitrogen and oxygen atoms in total. The molecule has 0 fully saturated rings. The molecule has 0 bridgehead atoms. The summed E-state index contributed by atoms with van der Waals surface area (Å²) >= 11 is 0. The molecule has 0 aliphatic carbocycles. The second-order valence-corrected chi connectivity index (χ2v) is 11.4. The van der Waals surface area contributed by atoms with E-state index in [-0.39, 0.29) is 43.4 Å². The third-order valence-electron chi connectivity index (χ3n) is 7.79. The summed E-state index contributed by atoms with van der Waals surface area (Å²) in [5, 5.41) is 27.4. The number of hydrogen-bond donors (Lipinski definition) is 3. The number of hydrogen-bond acceptors (Lipinski definition) is 3. The van der Waals surface area contributed by atoms with Crippen LogP contribution in [0.2, 0.25) is 0 Å². The minimum Gasteiger partial charge on any atom is -0.481 e. The Hall–Kier alpha value is -1.89. The molecule has 0 saturated carbocycles. The van der Waals surface area contributed by atoms with Crippen LogP contribution in [0.3, 0.4) is 0 Å². The summed E-state index contributed by atoms with van der Waals surface area (Å²) in [5.41, 5.74) is 0. The van der Waals surface area contributed by atoms with Gasteiger partial charge < -0.3 is 19.8 Å². The van der Waals surface area contributed by atoms with Gasteiger partial charge in [0.15, 0.2) is 0 Å². The van der Waals surface area contributed by atoms with Gasteiger partial charge in [0.05, 0.1) is 45.4 Å². The Bertz CT molecular complexity index is 603. The number of quaternary nitrogens is 1. The molecule has 0 aliphatic heterocycles. The third-order valence-corrected chi connectivity index (χ3v) is 7.79. The van der Waals surface area contributed by atoms with Crippen molar-refractivity contribution in [2.75, 3.05) is 26.2 Å². The highest BCUT2D eigenvalue weighted by Crippen LogP contribution is 2.17. The van der Waals surface area contributed by atoms with Crippen LogP contribution in [0.1, 0.15) is 148 Å². The average Bonchev–Trinajstić information content (AvgIpc) is 2.90. The van der Waals surface area contributed by atoms with Gasteiger partial charge in [-0.3, -0.25) is 14.4 Å². The number of rotatable bonds is 30. The lowest BCUT2D eigenvalue weighted by Crippen LogP contribution is -2.52. The Balaban J connectivity index is 3.88.